The molecule has 0 radical (unpaired) electrons. The average molecular weight is 410 g/mol. The van der Waals surface area contributed by atoms with E-state index in [1.54, 1.807) is 37.3 Å². The van der Waals surface area contributed by atoms with Gasteiger partial charge in [-0.15, -0.1) is 0 Å². The third-order valence-electron chi connectivity index (χ3n) is 5.25. The van der Waals surface area contributed by atoms with Gasteiger partial charge in [0.25, 0.3) is 0 Å². The Bertz CT molecular complexity index is 894. The molecular weight excluding hydrogens is 384 g/mol. The molecule has 1 aliphatic carbocycles. The van der Waals surface area contributed by atoms with Crippen LogP contribution in [0.15, 0.2) is 55.1 Å². The number of carbonyl (C=O) groups is 2. The van der Waals surface area contributed by atoms with Crippen molar-refractivity contribution >= 4 is 11.9 Å². The van der Waals surface area contributed by atoms with Gasteiger partial charge >= 0.3 is 11.9 Å². The molecule has 0 aromatic heterocycles. The molecule has 0 saturated heterocycles. The fourth-order valence-corrected chi connectivity index (χ4v) is 3.53. The lowest BCUT2D eigenvalue weighted by atomic mass is 9.83. The fourth-order valence-electron chi connectivity index (χ4n) is 3.53. The Morgan fingerprint density at radius 3 is 2.43 bits per heavy atom. The van der Waals surface area contributed by atoms with Crippen molar-refractivity contribution in [1.29, 1.82) is 0 Å². The van der Waals surface area contributed by atoms with Crippen LogP contribution in [0.3, 0.4) is 0 Å². The molecule has 0 bridgehead atoms. The van der Waals surface area contributed by atoms with E-state index in [1.165, 1.54) is 5.56 Å². The van der Waals surface area contributed by atoms with Crippen LogP contribution in [-0.2, 0) is 9.53 Å². The van der Waals surface area contributed by atoms with Gasteiger partial charge in [-0.2, -0.15) is 0 Å². The second kappa shape index (κ2) is 10.1. The molecule has 158 valence electrons. The lowest BCUT2D eigenvalue weighted by molar-refractivity contribution is -0.144. The van der Waals surface area contributed by atoms with E-state index in [4.69, 9.17) is 14.2 Å². The lowest BCUT2D eigenvalue weighted by Crippen LogP contribution is -2.16. The normalized spacial score (nSPS) is 18.3. The molecule has 1 aliphatic rings. The zero-order valence-electron chi connectivity index (χ0n) is 17.0. The summed E-state index contributed by atoms with van der Waals surface area (Å²) in [5, 5.41) is 9.65. The summed E-state index contributed by atoms with van der Waals surface area (Å²) in [4.78, 5) is 23.5. The van der Waals surface area contributed by atoms with E-state index in [-0.39, 0.29) is 12.9 Å². The van der Waals surface area contributed by atoms with Crippen LogP contribution in [0.2, 0.25) is 0 Å². The first-order chi connectivity index (χ1) is 14.5. The zero-order chi connectivity index (χ0) is 21.5. The van der Waals surface area contributed by atoms with Gasteiger partial charge in [-0.25, -0.2) is 9.59 Å². The van der Waals surface area contributed by atoms with Gasteiger partial charge in [-0.1, -0.05) is 18.7 Å². The molecule has 1 fully saturated rings. The van der Waals surface area contributed by atoms with Crippen molar-refractivity contribution in [3.05, 3.63) is 71.8 Å². The highest BCUT2D eigenvalue weighted by Crippen LogP contribution is 2.33. The minimum Gasteiger partial charge on any atom is -0.457 e. The number of carbonyl (C=O) groups excluding carboxylic acids is 2. The van der Waals surface area contributed by atoms with Crippen molar-refractivity contribution in [3.63, 3.8) is 0 Å². The predicted octanol–water partition coefficient (Wildman–Crippen LogP) is 4.30. The number of aryl methyl sites for hydroxylation is 1. The van der Waals surface area contributed by atoms with Gasteiger partial charge in [-0.05, 0) is 80.0 Å². The van der Waals surface area contributed by atoms with Gasteiger partial charge in [-0.3, -0.25) is 0 Å². The molecule has 0 aliphatic heterocycles. The van der Waals surface area contributed by atoms with Crippen LogP contribution in [-0.4, -0.2) is 29.9 Å². The number of benzene rings is 2. The Hall–Kier alpha value is -3.12. The molecule has 0 unspecified atom stereocenters. The molecule has 1 saturated carbocycles. The van der Waals surface area contributed by atoms with Gasteiger partial charge in [0.05, 0.1) is 11.7 Å². The summed E-state index contributed by atoms with van der Waals surface area (Å²) in [5.41, 5.74) is 2.32. The van der Waals surface area contributed by atoms with Crippen LogP contribution in [0.4, 0.5) is 0 Å². The highest BCUT2D eigenvalue weighted by atomic mass is 16.7. The molecule has 0 spiro atoms. The summed E-state index contributed by atoms with van der Waals surface area (Å²) in [6.45, 7) is 4.86. The number of ether oxygens (including phenoxy) is 3. The maximum atomic E-state index is 12.5. The van der Waals surface area contributed by atoms with Crippen molar-refractivity contribution < 1.29 is 28.9 Å². The van der Waals surface area contributed by atoms with Crippen molar-refractivity contribution in [2.45, 2.75) is 44.6 Å². The lowest BCUT2D eigenvalue weighted by Gasteiger charge is -2.25. The van der Waals surface area contributed by atoms with Crippen LogP contribution < -0.4 is 9.47 Å². The molecule has 30 heavy (non-hydrogen) atoms. The van der Waals surface area contributed by atoms with E-state index < -0.39 is 11.9 Å². The van der Waals surface area contributed by atoms with Gasteiger partial charge in [0.1, 0.15) is 11.5 Å². The zero-order valence-corrected chi connectivity index (χ0v) is 17.0. The maximum Gasteiger partial charge on any atom is 0.343 e. The number of rotatable bonds is 7. The van der Waals surface area contributed by atoms with E-state index in [2.05, 4.69) is 6.58 Å². The first-order valence-corrected chi connectivity index (χ1v) is 9.99. The minimum atomic E-state index is -0.569. The Labute approximate surface area is 176 Å². The van der Waals surface area contributed by atoms with E-state index >= 15 is 0 Å². The van der Waals surface area contributed by atoms with Gasteiger partial charge in [0.2, 0.25) is 6.79 Å². The van der Waals surface area contributed by atoms with E-state index in [9.17, 15) is 14.7 Å². The first kappa shape index (κ1) is 21.6. The second-order valence-electron chi connectivity index (χ2n) is 7.37. The molecule has 6 heteroatoms. The highest BCUT2D eigenvalue weighted by molar-refractivity contribution is 5.91. The fraction of sp³-hybridized carbons (Fsp3) is 0.333. The Balaban J connectivity index is 1.57. The quantitative estimate of drug-likeness (QED) is 0.317. The molecular formula is C24H26O6. The number of aliphatic hydroxyl groups is 1. The summed E-state index contributed by atoms with van der Waals surface area (Å²) in [6, 6.07) is 12.5. The Morgan fingerprint density at radius 2 is 1.80 bits per heavy atom. The van der Waals surface area contributed by atoms with E-state index in [0.717, 1.165) is 31.8 Å². The molecule has 2 aromatic rings. The monoisotopic (exact) mass is 410 g/mol. The van der Waals surface area contributed by atoms with Crippen LogP contribution >= 0.6 is 0 Å². The standard InChI is InChI=1S/C24H26O6/c1-3-23(26)29-15-28-22-13-8-19(14-16(22)2)24(27)30-21-11-6-18(7-12-21)17-4-9-20(25)10-5-17/h3,6-8,11-14,17,20,25H,1,4-5,9-10,15H2,2H3. The average Bonchev–Trinajstić information content (AvgIpc) is 2.75. The largest absolute Gasteiger partial charge is 0.457 e. The predicted molar refractivity (Wildman–Crippen MR) is 112 cm³/mol. The maximum absolute atomic E-state index is 12.5. The van der Waals surface area contributed by atoms with Crippen LogP contribution in [0, 0.1) is 6.92 Å². The number of esters is 2. The van der Waals surface area contributed by atoms with Crippen molar-refractivity contribution in [2.75, 3.05) is 6.79 Å². The molecule has 0 amide bonds. The summed E-state index contributed by atoms with van der Waals surface area (Å²) < 4.78 is 15.6. The molecule has 2 aromatic carbocycles. The molecule has 0 atom stereocenters. The van der Waals surface area contributed by atoms with Crippen LogP contribution in [0.25, 0.3) is 0 Å². The van der Waals surface area contributed by atoms with Crippen LogP contribution in [0.1, 0.15) is 53.1 Å². The third kappa shape index (κ3) is 5.70. The second-order valence-corrected chi connectivity index (χ2v) is 7.37. The summed E-state index contributed by atoms with van der Waals surface area (Å²) in [5.74, 6) is 0.398. The van der Waals surface area contributed by atoms with Crippen molar-refractivity contribution in [2.24, 2.45) is 0 Å². The molecule has 3 rings (SSSR count). The molecule has 6 nitrogen and oxygen atoms in total. The Morgan fingerprint density at radius 1 is 1.10 bits per heavy atom. The topological polar surface area (TPSA) is 82.1 Å². The SMILES string of the molecule is C=CC(=O)OCOc1ccc(C(=O)Oc2ccc(C3CCC(O)CC3)cc2)cc1C. The summed E-state index contributed by atoms with van der Waals surface area (Å²) >= 11 is 0. The van der Waals surface area contributed by atoms with Gasteiger partial charge in [0.15, 0.2) is 0 Å². The Kier molecular flexibility index (Phi) is 7.25. The summed E-state index contributed by atoms with van der Waals surface area (Å²) in [6.07, 6.45) is 4.49. The number of hydrogen-bond donors (Lipinski definition) is 1. The van der Waals surface area contributed by atoms with Gasteiger partial charge in [0, 0.05) is 6.08 Å². The molecule has 0 heterocycles. The highest BCUT2D eigenvalue weighted by Gasteiger charge is 2.21. The smallest absolute Gasteiger partial charge is 0.343 e. The van der Waals surface area contributed by atoms with E-state index in [0.29, 0.717) is 28.5 Å². The van der Waals surface area contributed by atoms with Crippen molar-refractivity contribution in [3.8, 4) is 11.5 Å². The van der Waals surface area contributed by atoms with Gasteiger partial charge < -0.3 is 19.3 Å². The van der Waals surface area contributed by atoms with E-state index in [1.807, 2.05) is 12.1 Å². The minimum absolute atomic E-state index is 0.177. The van der Waals surface area contributed by atoms with Crippen LogP contribution in [0.5, 0.6) is 11.5 Å². The number of aliphatic hydroxyl groups excluding tert-OH is 1. The third-order valence-corrected chi connectivity index (χ3v) is 5.25. The first-order valence-electron chi connectivity index (χ1n) is 9.99. The summed E-state index contributed by atoms with van der Waals surface area (Å²) in [7, 11) is 0. The molecule has 1 N–H and O–H groups in total. The number of hydrogen-bond acceptors (Lipinski definition) is 6. The van der Waals surface area contributed by atoms with Crippen molar-refractivity contribution in [1.82, 2.24) is 0 Å².